The van der Waals surface area contributed by atoms with Gasteiger partial charge in [0, 0.05) is 22.3 Å². The fraction of sp³-hybridized carbons (Fsp3) is 0.0667. The van der Waals surface area contributed by atoms with E-state index in [1.165, 1.54) is 0 Å². The Morgan fingerprint density at radius 1 is 0.737 bits per heavy atom. The van der Waals surface area contributed by atoms with E-state index in [1.807, 2.05) is 0 Å². The Morgan fingerprint density at radius 2 is 1.32 bits per heavy atom. The van der Waals surface area contributed by atoms with E-state index < -0.39 is 6.17 Å². The van der Waals surface area contributed by atoms with E-state index >= 15 is 0 Å². The van der Waals surface area contributed by atoms with Crippen molar-refractivity contribution in [3.63, 3.8) is 0 Å². The van der Waals surface area contributed by atoms with Gasteiger partial charge in [-0.2, -0.15) is 0 Å². The second-order valence-corrected chi connectivity index (χ2v) is 4.50. The molecular weight excluding hydrogens is 240 g/mol. The van der Waals surface area contributed by atoms with Gasteiger partial charge in [-0.05, 0) is 5.56 Å². The third-order valence-corrected chi connectivity index (χ3v) is 3.34. The molecule has 0 saturated carbocycles. The van der Waals surface area contributed by atoms with Gasteiger partial charge >= 0.3 is 0 Å². The maximum atomic E-state index is 12.5. The molecule has 0 atom stereocenters. The molecule has 19 heavy (non-hydrogen) atoms. The maximum absolute atomic E-state index is 12.5. The fourth-order valence-corrected chi connectivity index (χ4v) is 2.45. The molecule has 0 radical (unpaired) electrons. The normalized spacial score (nSPS) is 13.4. The van der Waals surface area contributed by atoms with Crippen molar-refractivity contribution in [1.82, 2.24) is 0 Å². The molecule has 1 aliphatic rings. The van der Waals surface area contributed by atoms with Gasteiger partial charge in [0.05, 0.1) is 6.17 Å². The van der Waals surface area contributed by atoms with Gasteiger partial charge in [0.2, 0.25) is 0 Å². The van der Waals surface area contributed by atoms with Crippen molar-refractivity contribution in [2.45, 2.75) is 6.17 Å². The largest absolute Gasteiger partial charge is 0.312 e. The summed E-state index contributed by atoms with van der Waals surface area (Å²) in [5, 5.41) is 0. The van der Waals surface area contributed by atoms with E-state index in [9.17, 15) is 9.59 Å². The summed E-state index contributed by atoms with van der Waals surface area (Å²) in [6, 6.07) is 11.8. The highest BCUT2D eigenvalue weighted by Gasteiger charge is 2.31. The Kier molecular flexibility index (Phi) is 2.55. The van der Waals surface area contributed by atoms with E-state index in [4.69, 9.17) is 11.5 Å². The molecule has 3 rings (SSSR count). The summed E-state index contributed by atoms with van der Waals surface area (Å²) in [6.45, 7) is 0. The lowest BCUT2D eigenvalue weighted by Crippen LogP contribution is -2.28. The number of fused-ring (bicyclic) bond motifs is 2. The molecular formula is C15H12N2O2. The van der Waals surface area contributed by atoms with Crippen LogP contribution in [0, 0.1) is 0 Å². The summed E-state index contributed by atoms with van der Waals surface area (Å²) in [4.78, 5) is 24.9. The number of carbonyl (C=O) groups is 2. The fourth-order valence-electron chi connectivity index (χ4n) is 2.45. The Hall–Kier alpha value is -2.30. The Morgan fingerprint density at radius 3 is 1.95 bits per heavy atom. The van der Waals surface area contributed by atoms with E-state index in [2.05, 4.69) is 0 Å². The molecule has 1 aliphatic carbocycles. The van der Waals surface area contributed by atoms with Gasteiger partial charge in [-0.25, -0.2) is 0 Å². The molecule has 0 heterocycles. The molecule has 4 heteroatoms. The predicted octanol–water partition coefficient (Wildman–Crippen LogP) is 1.38. The number of nitrogens with two attached hydrogens (primary N) is 2. The summed E-state index contributed by atoms with van der Waals surface area (Å²) in [6.07, 6.45) is -0.781. The van der Waals surface area contributed by atoms with Crippen LogP contribution in [0.15, 0.2) is 42.5 Å². The second-order valence-electron chi connectivity index (χ2n) is 4.50. The first-order chi connectivity index (χ1) is 9.11. The lowest BCUT2D eigenvalue weighted by molar-refractivity contribution is 0.0978. The summed E-state index contributed by atoms with van der Waals surface area (Å²) in [5.74, 6) is -0.352. The molecule has 2 aromatic carbocycles. The third kappa shape index (κ3) is 1.62. The Labute approximate surface area is 110 Å². The topological polar surface area (TPSA) is 86.2 Å². The van der Waals surface area contributed by atoms with Crippen molar-refractivity contribution >= 4 is 11.6 Å². The van der Waals surface area contributed by atoms with Gasteiger partial charge in [0.15, 0.2) is 11.6 Å². The summed E-state index contributed by atoms with van der Waals surface area (Å²) in [7, 11) is 0. The minimum atomic E-state index is -0.781. The molecule has 0 bridgehead atoms. The van der Waals surface area contributed by atoms with Crippen molar-refractivity contribution in [1.29, 1.82) is 0 Å². The van der Waals surface area contributed by atoms with Crippen molar-refractivity contribution in [2.24, 2.45) is 11.5 Å². The minimum absolute atomic E-state index is 0.160. The molecule has 4 nitrogen and oxygen atoms in total. The SMILES string of the molecule is NC(N)c1cccc2c1C(=O)c1ccccc1C2=O. The van der Waals surface area contributed by atoms with Crippen LogP contribution in [-0.4, -0.2) is 11.6 Å². The standard InChI is InChI=1S/C15H12N2O2/c16-15(17)11-7-3-6-10-12(11)14(19)9-5-2-1-4-8(9)13(10)18/h1-7,15H,16-17H2. The average molecular weight is 252 g/mol. The quantitative estimate of drug-likeness (QED) is 0.640. The first-order valence-corrected chi connectivity index (χ1v) is 5.93. The summed E-state index contributed by atoms with van der Waals surface area (Å²) < 4.78 is 0. The first kappa shape index (κ1) is 11.8. The van der Waals surface area contributed by atoms with E-state index in [0.717, 1.165) is 0 Å². The number of hydrogen-bond acceptors (Lipinski definition) is 4. The van der Waals surface area contributed by atoms with Crippen molar-refractivity contribution in [2.75, 3.05) is 0 Å². The Balaban J connectivity index is 2.33. The van der Waals surface area contributed by atoms with Gasteiger partial charge in [-0.1, -0.05) is 42.5 Å². The van der Waals surface area contributed by atoms with Crippen LogP contribution in [0.25, 0.3) is 0 Å². The van der Waals surface area contributed by atoms with E-state index in [-0.39, 0.29) is 11.6 Å². The zero-order valence-corrected chi connectivity index (χ0v) is 10.1. The van der Waals surface area contributed by atoms with E-state index in [0.29, 0.717) is 27.8 Å². The molecule has 0 aliphatic heterocycles. The number of rotatable bonds is 1. The van der Waals surface area contributed by atoms with Crippen LogP contribution in [0.2, 0.25) is 0 Å². The molecule has 0 spiro atoms. The van der Waals surface area contributed by atoms with Gasteiger partial charge in [-0.15, -0.1) is 0 Å². The number of hydrogen-bond donors (Lipinski definition) is 2. The van der Waals surface area contributed by atoms with Gasteiger partial charge in [0.25, 0.3) is 0 Å². The van der Waals surface area contributed by atoms with Crippen LogP contribution in [0.5, 0.6) is 0 Å². The van der Waals surface area contributed by atoms with Crippen LogP contribution < -0.4 is 11.5 Å². The summed E-state index contributed by atoms with van der Waals surface area (Å²) in [5.41, 5.74) is 13.4. The first-order valence-electron chi connectivity index (χ1n) is 5.93. The van der Waals surface area contributed by atoms with Crippen LogP contribution in [0.3, 0.4) is 0 Å². The average Bonchev–Trinajstić information content (AvgIpc) is 2.44. The molecule has 4 N–H and O–H groups in total. The molecule has 0 fully saturated rings. The van der Waals surface area contributed by atoms with Crippen LogP contribution in [0.4, 0.5) is 0 Å². The number of ketones is 2. The molecule has 94 valence electrons. The molecule has 2 aromatic rings. The highest BCUT2D eigenvalue weighted by molar-refractivity contribution is 6.28. The molecule has 0 amide bonds. The van der Waals surface area contributed by atoms with Crippen molar-refractivity contribution in [3.8, 4) is 0 Å². The highest BCUT2D eigenvalue weighted by Crippen LogP contribution is 2.30. The molecule has 0 saturated heterocycles. The van der Waals surface area contributed by atoms with Crippen LogP contribution in [-0.2, 0) is 0 Å². The zero-order chi connectivity index (χ0) is 13.6. The smallest absolute Gasteiger partial charge is 0.194 e. The molecule has 0 aromatic heterocycles. The second kappa shape index (κ2) is 4.12. The predicted molar refractivity (Wildman–Crippen MR) is 70.9 cm³/mol. The number of carbonyl (C=O) groups excluding carboxylic acids is 2. The Bertz CT molecular complexity index is 705. The van der Waals surface area contributed by atoms with Crippen LogP contribution in [0.1, 0.15) is 43.6 Å². The van der Waals surface area contributed by atoms with Crippen molar-refractivity contribution in [3.05, 3.63) is 70.3 Å². The monoisotopic (exact) mass is 252 g/mol. The maximum Gasteiger partial charge on any atom is 0.194 e. The van der Waals surface area contributed by atoms with Crippen molar-refractivity contribution < 1.29 is 9.59 Å². The third-order valence-electron chi connectivity index (χ3n) is 3.34. The molecule has 0 unspecified atom stereocenters. The number of benzene rings is 2. The minimum Gasteiger partial charge on any atom is -0.312 e. The van der Waals surface area contributed by atoms with Gasteiger partial charge in [0.1, 0.15) is 0 Å². The van der Waals surface area contributed by atoms with Gasteiger partial charge < -0.3 is 11.5 Å². The summed E-state index contributed by atoms with van der Waals surface area (Å²) >= 11 is 0. The zero-order valence-electron chi connectivity index (χ0n) is 10.1. The highest BCUT2D eigenvalue weighted by atomic mass is 16.1. The van der Waals surface area contributed by atoms with Crippen LogP contribution >= 0.6 is 0 Å². The van der Waals surface area contributed by atoms with E-state index in [1.54, 1.807) is 42.5 Å². The van der Waals surface area contributed by atoms with Gasteiger partial charge in [-0.3, -0.25) is 9.59 Å². The lowest BCUT2D eigenvalue weighted by Gasteiger charge is -2.21. The lowest BCUT2D eigenvalue weighted by atomic mass is 9.81.